The van der Waals surface area contributed by atoms with Crippen molar-refractivity contribution in [1.29, 1.82) is 0 Å². The van der Waals surface area contributed by atoms with Crippen molar-refractivity contribution < 1.29 is 5.11 Å². The van der Waals surface area contributed by atoms with Crippen molar-refractivity contribution >= 4 is 0 Å². The Kier molecular flexibility index (Phi) is 5.51. The Morgan fingerprint density at radius 2 is 2.30 bits per heavy atom. The Hall–Kier alpha value is -1.00. The lowest BCUT2D eigenvalue weighted by atomic mass is 10.2. The third-order valence-corrected chi connectivity index (χ3v) is 1.03. The van der Waals surface area contributed by atoms with E-state index in [9.17, 15) is 0 Å². The topological polar surface area (TPSA) is 20.2 Å². The fraction of sp³-hybridized carbons (Fsp3) is 0.333. The highest BCUT2D eigenvalue weighted by molar-refractivity contribution is 5.06. The Morgan fingerprint density at radius 1 is 1.60 bits per heavy atom. The van der Waals surface area contributed by atoms with Gasteiger partial charge in [-0.3, -0.25) is 0 Å². The fourth-order valence-corrected chi connectivity index (χ4v) is 0.495. The zero-order chi connectivity index (χ0) is 7.82. The first-order valence-electron chi connectivity index (χ1n) is 3.23. The Balaban J connectivity index is 3.38. The summed E-state index contributed by atoms with van der Waals surface area (Å²) in [5.74, 6) is 2.18. The van der Waals surface area contributed by atoms with E-state index in [-0.39, 0.29) is 0 Å². The number of rotatable bonds is 4. The number of hydrogen-bond acceptors (Lipinski definition) is 1. The molecule has 1 unspecified atom stereocenters. The first-order chi connectivity index (χ1) is 4.81. The number of unbranched alkanes of at least 4 members (excludes halogenated alkanes) is 1. The van der Waals surface area contributed by atoms with Crippen LogP contribution in [0.25, 0.3) is 0 Å². The van der Waals surface area contributed by atoms with Gasteiger partial charge in [-0.05, 0) is 18.9 Å². The van der Waals surface area contributed by atoms with E-state index >= 15 is 0 Å². The predicted octanol–water partition coefficient (Wildman–Crippen LogP) is 1.50. The van der Waals surface area contributed by atoms with Crippen LogP contribution in [0.4, 0.5) is 0 Å². The molecule has 0 fully saturated rings. The standard InChI is InChI=1S/C9H12O/c1-3-5-6-7-8-9(10)4-2/h2-3,7-10H,1,5-6H2. The highest BCUT2D eigenvalue weighted by Gasteiger charge is 1.86. The second-order valence-corrected chi connectivity index (χ2v) is 1.91. The summed E-state index contributed by atoms with van der Waals surface area (Å²) in [5.41, 5.74) is 0. The first kappa shape index (κ1) is 9.00. The van der Waals surface area contributed by atoms with E-state index in [1.54, 1.807) is 6.08 Å². The molecule has 1 heteroatoms. The molecular weight excluding hydrogens is 124 g/mol. The van der Waals surface area contributed by atoms with Gasteiger partial charge in [-0.2, -0.15) is 0 Å². The van der Waals surface area contributed by atoms with E-state index in [1.807, 2.05) is 12.2 Å². The number of hydrogen-bond donors (Lipinski definition) is 1. The SMILES string of the molecule is C#CC(O)C=CCCC=C. The van der Waals surface area contributed by atoms with Crippen LogP contribution >= 0.6 is 0 Å². The summed E-state index contributed by atoms with van der Waals surface area (Å²) in [7, 11) is 0. The minimum absolute atomic E-state index is 0.732. The highest BCUT2D eigenvalue weighted by Crippen LogP contribution is 1.92. The van der Waals surface area contributed by atoms with E-state index in [0.29, 0.717) is 0 Å². The average Bonchev–Trinajstić information content (AvgIpc) is 1.98. The van der Waals surface area contributed by atoms with Crippen molar-refractivity contribution in [1.82, 2.24) is 0 Å². The van der Waals surface area contributed by atoms with Crippen LogP contribution in [0.3, 0.4) is 0 Å². The molecule has 0 aliphatic rings. The molecule has 0 aliphatic carbocycles. The van der Waals surface area contributed by atoms with Gasteiger partial charge in [0.25, 0.3) is 0 Å². The second kappa shape index (κ2) is 6.12. The number of allylic oxidation sites excluding steroid dienone is 2. The third kappa shape index (κ3) is 5.14. The molecule has 0 aliphatic heterocycles. The second-order valence-electron chi connectivity index (χ2n) is 1.91. The normalized spacial score (nSPS) is 12.8. The van der Waals surface area contributed by atoms with Crippen molar-refractivity contribution in [2.24, 2.45) is 0 Å². The van der Waals surface area contributed by atoms with Crippen molar-refractivity contribution in [2.45, 2.75) is 18.9 Å². The number of terminal acetylenes is 1. The van der Waals surface area contributed by atoms with Crippen molar-refractivity contribution in [3.8, 4) is 12.3 Å². The van der Waals surface area contributed by atoms with E-state index < -0.39 is 6.10 Å². The van der Waals surface area contributed by atoms with Gasteiger partial charge in [0.15, 0.2) is 0 Å². The van der Waals surface area contributed by atoms with Gasteiger partial charge in [0.05, 0.1) is 0 Å². The number of aliphatic hydroxyl groups is 1. The maximum absolute atomic E-state index is 8.81. The maximum atomic E-state index is 8.81. The van der Waals surface area contributed by atoms with Gasteiger partial charge in [-0.15, -0.1) is 13.0 Å². The molecule has 0 aromatic heterocycles. The van der Waals surface area contributed by atoms with Gasteiger partial charge < -0.3 is 5.11 Å². The van der Waals surface area contributed by atoms with Crippen LogP contribution in [0.15, 0.2) is 24.8 Å². The van der Waals surface area contributed by atoms with Crippen LogP contribution in [0, 0.1) is 12.3 Å². The Bertz CT molecular complexity index is 151. The van der Waals surface area contributed by atoms with Crippen LogP contribution in [-0.4, -0.2) is 11.2 Å². The average molecular weight is 136 g/mol. The minimum Gasteiger partial charge on any atom is -0.377 e. The zero-order valence-electron chi connectivity index (χ0n) is 5.96. The first-order valence-corrected chi connectivity index (χ1v) is 3.23. The third-order valence-electron chi connectivity index (χ3n) is 1.03. The molecule has 0 saturated carbocycles. The highest BCUT2D eigenvalue weighted by atomic mass is 16.3. The summed E-state index contributed by atoms with van der Waals surface area (Å²) in [5, 5.41) is 8.81. The van der Waals surface area contributed by atoms with Gasteiger partial charge in [0.2, 0.25) is 0 Å². The molecular formula is C9H12O. The van der Waals surface area contributed by atoms with Gasteiger partial charge in [0, 0.05) is 0 Å². The molecule has 1 nitrogen and oxygen atoms in total. The van der Waals surface area contributed by atoms with E-state index in [0.717, 1.165) is 12.8 Å². The summed E-state index contributed by atoms with van der Waals surface area (Å²) in [6.45, 7) is 3.56. The Labute approximate surface area is 62.1 Å². The van der Waals surface area contributed by atoms with E-state index in [1.165, 1.54) is 0 Å². The van der Waals surface area contributed by atoms with E-state index in [4.69, 9.17) is 11.5 Å². The molecule has 10 heavy (non-hydrogen) atoms. The molecule has 0 radical (unpaired) electrons. The summed E-state index contributed by atoms with van der Waals surface area (Å²) in [6, 6.07) is 0. The predicted molar refractivity (Wildman–Crippen MR) is 43.4 cm³/mol. The molecule has 0 bridgehead atoms. The molecule has 0 aromatic carbocycles. The number of aliphatic hydroxyl groups excluding tert-OH is 1. The molecule has 1 atom stereocenters. The molecule has 0 spiro atoms. The van der Waals surface area contributed by atoms with Gasteiger partial charge in [-0.25, -0.2) is 0 Å². The van der Waals surface area contributed by atoms with Gasteiger partial charge in [-0.1, -0.05) is 18.1 Å². The molecule has 0 amide bonds. The molecule has 1 N–H and O–H groups in total. The zero-order valence-corrected chi connectivity index (χ0v) is 5.96. The molecule has 0 saturated heterocycles. The lowest BCUT2D eigenvalue weighted by Gasteiger charge is -1.90. The maximum Gasteiger partial charge on any atom is 0.133 e. The van der Waals surface area contributed by atoms with Gasteiger partial charge >= 0.3 is 0 Å². The smallest absolute Gasteiger partial charge is 0.133 e. The lowest BCUT2D eigenvalue weighted by molar-refractivity contribution is 0.280. The Morgan fingerprint density at radius 3 is 2.80 bits per heavy atom. The van der Waals surface area contributed by atoms with Crippen LogP contribution < -0.4 is 0 Å². The van der Waals surface area contributed by atoms with Crippen molar-refractivity contribution in [3.63, 3.8) is 0 Å². The van der Waals surface area contributed by atoms with Crippen molar-refractivity contribution in [2.75, 3.05) is 0 Å². The van der Waals surface area contributed by atoms with E-state index in [2.05, 4.69) is 12.5 Å². The summed E-state index contributed by atoms with van der Waals surface area (Å²) in [6.07, 6.45) is 11.3. The van der Waals surface area contributed by atoms with Crippen LogP contribution in [0.2, 0.25) is 0 Å². The van der Waals surface area contributed by atoms with Crippen molar-refractivity contribution in [3.05, 3.63) is 24.8 Å². The molecule has 54 valence electrons. The minimum atomic E-state index is -0.732. The van der Waals surface area contributed by atoms with Crippen LogP contribution in [0.5, 0.6) is 0 Å². The largest absolute Gasteiger partial charge is 0.377 e. The quantitative estimate of drug-likeness (QED) is 0.353. The lowest BCUT2D eigenvalue weighted by Crippen LogP contribution is -1.94. The van der Waals surface area contributed by atoms with Crippen LogP contribution in [0.1, 0.15) is 12.8 Å². The molecule has 0 rings (SSSR count). The molecule has 0 aromatic rings. The summed E-state index contributed by atoms with van der Waals surface area (Å²) < 4.78 is 0. The summed E-state index contributed by atoms with van der Waals surface area (Å²) >= 11 is 0. The molecule has 0 heterocycles. The van der Waals surface area contributed by atoms with Crippen LogP contribution in [-0.2, 0) is 0 Å². The monoisotopic (exact) mass is 136 g/mol. The fourth-order valence-electron chi connectivity index (χ4n) is 0.495. The van der Waals surface area contributed by atoms with Gasteiger partial charge in [0.1, 0.15) is 6.10 Å². The summed E-state index contributed by atoms with van der Waals surface area (Å²) in [4.78, 5) is 0.